The number of rotatable bonds is 4. The first-order valence-corrected chi connectivity index (χ1v) is 7.29. The third-order valence-corrected chi connectivity index (χ3v) is 4.02. The van der Waals surface area contributed by atoms with Crippen molar-refractivity contribution < 1.29 is 4.74 Å². The number of ether oxygens (including phenoxy) is 1. The summed E-state index contributed by atoms with van der Waals surface area (Å²) in [5.74, 6) is 0.353. The Kier molecular flexibility index (Phi) is 5.12. The average Bonchev–Trinajstić information content (AvgIpc) is 2.46. The largest absolute Gasteiger partial charge is 0.496 e. The summed E-state index contributed by atoms with van der Waals surface area (Å²) >= 11 is 12.4. The molecule has 1 atom stereocenters. The highest BCUT2D eigenvalue weighted by atomic mass is 35.5. The van der Waals surface area contributed by atoms with E-state index in [0.717, 1.165) is 16.9 Å². The third kappa shape index (κ3) is 3.50. The molecule has 4 heteroatoms. The van der Waals surface area contributed by atoms with E-state index in [1.54, 1.807) is 25.3 Å². The van der Waals surface area contributed by atoms with Gasteiger partial charge >= 0.3 is 0 Å². The van der Waals surface area contributed by atoms with E-state index in [4.69, 9.17) is 27.9 Å². The average molecular weight is 320 g/mol. The number of benzene rings is 2. The molecule has 0 aliphatic carbocycles. The smallest absolute Gasteiger partial charge is 0.122 e. The molecule has 0 bridgehead atoms. The van der Waals surface area contributed by atoms with Crippen LogP contribution in [-0.4, -0.2) is 7.11 Å². The van der Waals surface area contributed by atoms with Gasteiger partial charge in [0.25, 0.3) is 0 Å². The van der Waals surface area contributed by atoms with Crippen molar-refractivity contribution in [3.8, 4) is 11.8 Å². The Hall–Kier alpha value is -1.69. The molecule has 0 N–H and O–H groups in total. The van der Waals surface area contributed by atoms with Gasteiger partial charge < -0.3 is 4.74 Å². The van der Waals surface area contributed by atoms with Crippen LogP contribution >= 0.6 is 23.2 Å². The Labute approximate surface area is 134 Å². The summed E-state index contributed by atoms with van der Waals surface area (Å²) in [5.41, 5.74) is 2.76. The number of halogens is 2. The molecule has 0 radical (unpaired) electrons. The van der Waals surface area contributed by atoms with Crippen LogP contribution in [0.4, 0.5) is 0 Å². The Morgan fingerprint density at radius 2 is 1.86 bits per heavy atom. The van der Waals surface area contributed by atoms with E-state index in [-0.39, 0.29) is 0 Å². The van der Waals surface area contributed by atoms with Gasteiger partial charge in [-0.15, -0.1) is 0 Å². The molecule has 2 aromatic carbocycles. The molecule has 0 aliphatic heterocycles. The summed E-state index contributed by atoms with van der Waals surface area (Å²) in [6.45, 7) is 2.01. The van der Waals surface area contributed by atoms with Crippen LogP contribution < -0.4 is 4.74 Å². The zero-order chi connectivity index (χ0) is 15.4. The number of methoxy groups -OCH3 is 1. The Morgan fingerprint density at radius 1 is 1.19 bits per heavy atom. The maximum Gasteiger partial charge on any atom is 0.122 e. The summed E-state index contributed by atoms with van der Waals surface area (Å²) in [6, 6.07) is 13.5. The zero-order valence-corrected chi connectivity index (χ0v) is 13.4. The normalized spacial score (nSPS) is 11.8. The van der Waals surface area contributed by atoms with Gasteiger partial charge in [-0.1, -0.05) is 47.0 Å². The van der Waals surface area contributed by atoms with Gasteiger partial charge in [-0.25, -0.2) is 0 Å². The lowest BCUT2D eigenvalue weighted by molar-refractivity contribution is 0.409. The van der Waals surface area contributed by atoms with Crippen LogP contribution in [0.15, 0.2) is 36.4 Å². The van der Waals surface area contributed by atoms with Gasteiger partial charge in [0, 0.05) is 15.6 Å². The monoisotopic (exact) mass is 319 g/mol. The van der Waals surface area contributed by atoms with E-state index in [0.29, 0.717) is 22.0 Å². The van der Waals surface area contributed by atoms with Gasteiger partial charge in [-0.05, 0) is 37.1 Å². The zero-order valence-electron chi connectivity index (χ0n) is 11.9. The van der Waals surface area contributed by atoms with Crippen molar-refractivity contribution in [2.24, 2.45) is 0 Å². The van der Waals surface area contributed by atoms with E-state index >= 15 is 0 Å². The van der Waals surface area contributed by atoms with Crippen LogP contribution in [0.25, 0.3) is 0 Å². The van der Waals surface area contributed by atoms with Crippen LogP contribution in [-0.2, 0) is 6.42 Å². The fraction of sp³-hybridized carbons (Fsp3) is 0.235. The molecule has 0 spiro atoms. The number of nitrogens with zero attached hydrogens (tertiary/aromatic N) is 1. The minimum absolute atomic E-state index is 0.415. The molecule has 2 nitrogen and oxygen atoms in total. The Bertz CT molecular complexity index is 671. The molecule has 0 aliphatic rings. The van der Waals surface area contributed by atoms with Crippen molar-refractivity contribution in [2.45, 2.75) is 19.3 Å². The third-order valence-electron chi connectivity index (χ3n) is 3.36. The maximum atomic E-state index is 9.51. The topological polar surface area (TPSA) is 33.0 Å². The highest BCUT2D eigenvalue weighted by Crippen LogP contribution is 2.35. The second-order valence-corrected chi connectivity index (χ2v) is 5.65. The number of hydrogen-bond acceptors (Lipinski definition) is 2. The summed E-state index contributed by atoms with van der Waals surface area (Å²) in [7, 11) is 1.62. The molecule has 1 unspecified atom stereocenters. The van der Waals surface area contributed by atoms with Crippen LogP contribution in [0.3, 0.4) is 0 Å². The molecular formula is C17H15Cl2NO. The lowest BCUT2D eigenvalue weighted by Crippen LogP contribution is -2.04. The van der Waals surface area contributed by atoms with Crippen molar-refractivity contribution in [2.75, 3.05) is 7.11 Å². The van der Waals surface area contributed by atoms with Gasteiger partial charge in [-0.2, -0.15) is 5.26 Å². The van der Waals surface area contributed by atoms with Crippen molar-refractivity contribution in [1.82, 2.24) is 0 Å². The van der Waals surface area contributed by atoms with Gasteiger partial charge in [0.2, 0.25) is 0 Å². The maximum absolute atomic E-state index is 9.51. The molecule has 0 amide bonds. The van der Waals surface area contributed by atoms with Gasteiger partial charge in [0.05, 0.1) is 19.1 Å². The van der Waals surface area contributed by atoms with E-state index < -0.39 is 5.92 Å². The first kappa shape index (κ1) is 15.7. The molecule has 0 fully saturated rings. The summed E-state index contributed by atoms with van der Waals surface area (Å²) in [5, 5.41) is 10.5. The fourth-order valence-corrected chi connectivity index (χ4v) is 3.00. The molecular weight excluding hydrogens is 305 g/mol. The van der Waals surface area contributed by atoms with Crippen LogP contribution in [0.5, 0.6) is 5.75 Å². The van der Waals surface area contributed by atoms with Crippen molar-refractivity contribution in [3.63, 3.8) is 0 Å². The molecule has 0 heterocycles. The molecule has 21 heavy (non-hydrogen) atoms. The second-order valence-electron chi connectivity index (χ2n) is 4.84. The van der Waals surface area contributed by atoms with Crippen LogP contribution in [0.2, 0.25) is 10.0 Å². The summed E-state index contributed by atoms with van der Waals surface area (Å²) in [4.78, 5) is 0. The quantitative estimate of drug-likeness (QED) is 0.779. The number of aryl methyl sites for hydroxylation is 1. The number of hydrogen-bond donors (Lipinski definition) is 0. The summed E-state index contributed by atoms with van der Waals surface area (Å²) in [6.07, 6.45) is 0.505. The predicted molar refractivity (Wildman–Crippen MR) is 86.3 cm³/mol. The van der Waals surface area contributed by atoms with Gasteiger partial charge in [-0.3, -0.25) is 0 Å². The molecule has 2 rings (SSSR count). The lowest BCUT2D eigenvalue weighted by atomic mass is 9.92. The van der Waals surface area contributed by atoms with Crippen LogP contribution in [0.1, 0.15) is 22.6 Å². The highest BCUT2D eigenvalue weighted by Gasteiger charge is 2.20. The highest BCUT2D eigenvalue weighted by molar-refractivity contribution is 6.36. The summed E-state index contributed by atoms with van der Waals surface area (Å²) < 4.78 is 5.37. The first-order chi connectivity index (χ1) is 10.1. The standard InChI is InChI=1S/C17H15Cl2NO/c1-11-6-7-16(21-2)12(8-11)9-13(10-20)17-14(18)4-3-5-15(17)19/h3-8,13H,9H2,1-2H3. The second kappa shape index (κ2) is 6.85. The van der Waals surface area contributed by atoms with Crippen molar-refractivity contribution in [3.05, 3.63) is 63.1 Å². The first-order valence-electron chi connectivity index (χ1n) is 6.54. The van der Waals surface area contributed by atoms with E-state index in [1.807, 2.05) is 25.1 Å². The minimum Gasteiger partial charge on any atom is -0.496 e. The molecule has 0 aromatic heterocycles. The van der Waals surface area contributed by atoms with E-state index in [9.17, 15) is 5.26 Å². The van der Waals surface area contributed by atoms with Crippen LogP contribution in [0, 0.1) is 18.3 Å². The SMILES string of the molecule is COc1ccc(C)cc1CC(C#N)c1c(Cl)cccc1Cl. The molecule has 108 valence electrons. The Morgan fingerprint density at radius 3 is 2.43 bits per heavy atom. The van der Waals surface area contributed by atoms with Gasteiger partial charge in [0.15, 0.2) is 0 Å². The minimum atomic E-state index is -0.415. The Balaban J connectivity index is 2.41. The molecule has 2 aromatic rings. The van der Waals surface area contributed by atoms with Crippen molar-refractivity contribution >= 4 is 23.2 Å². The van der Waals surface area contributed by atoms with E-state index in [2.05, 4.69) is 6.07 Å². The number of nitriles is 1. The predicted octanol–water partition coefficient (Wildman–Crippen LogP) is 5.16. The van der Waals surface area contributed by atoms with Gasteiger partial charge in [0.1, 0.15) is 5.75 Å². The molecule has 0 saturated carbocycles. The van der Waals surface area contributed by atoms with Crippen molar-refractivity contribution in [1.29, 1.82) is 5.26 Å². The van der Waals surface area contributed by atoms with E-state index in [1.165, 1.54) is 0 Å². The molecule has 0 saturated heterocycles. The fourth-order valence-electron chi connectivity index (χ4n) is 2.34. The lowest BCUT2D eigenvalue weighted by Gasteiger charge is -2.15.